The second-order valence-electron chi connectivity index (χ2n) is 12.7. The standard InChI is InChI=1S/C42H29Cl2NO5/c1-2-50-39(48)27-14-9-15-32(24-27)45-37(46)35-36(38(45)47)42(29-18-22-31(44)23-19-29)34(26-12-7-4-8-13-26)33(25-10-5-3-6-11-25)41(35,40(42)49)28-16-20-30(43)21-17-28/h3-24,35-36H,2H2,1H3/t35-,36+,41-,42-/m0/s1. The highest BCUT2D eigenvalue weighted by atomic mass is 35.5. The first-order valence-electron chi connectivity index (χ1n) is 16.3. The van der Waals surface area contributed by atoms with Gasteiger partial charge in [0.2, 0.25) is 11.8 Å². The lowest BCUT2D eigenvalue weighted by Crippen LogP contribution is -2.45. The molecule has 0 unspecified atom stereocenters. The van der Waals surface area contributed by atoms with Gasteiger partial charge in [0.05, 0.1) is 40.5 Å². The molecule has 4 atom stereocenters. The average molecular weight is 699 g/mol. The molecule has 1 saturated heterocycles. The Labute approximate surface area is 298 Å². The minimum absolute atomic E-state index is 0.167. The SMILES string of the molecule is CCOC(=O)c1cccc(N2C(=O)[C@@H]3[C@H](C2=O)[C@@]2(c4ccc(Cl)cc4)C(=O)[C@@]3(c3ccc(Cl)cc3)C(c3ccccc3)=C2c2ccccc2)c1. The molecule has 1 heterocycles. The minimum Gasteiger partial charge on any atom is -0.462 e. The van der Waals surface area contributed by atoms with Gasteiger partial charge in [-0.15, -0.1) is 0 Å². The van der Waals surface area contributed by atoms with Crippen molar-refractivity contribution in [2.24, 2.45) is 11.8 Å². The molecule has 0 radical (unpaired) electrons. The number of carbonyl (C=O) groups excluding carboxylic acids is 4. The van der Waals surface area contributed by atoms with Crippen LogP contribution in [-0.4, -0.2) is 30.2 Å². The van der Waals surface area contributed by atoms with E-state index in [1.807, 2.05) is 60.7 Å². The fourth-order valence-corrected chi connectivity index (χ4v) is 8.85. The van der Waals surface area contributed by atoms with Gasteiger partial charge >= 0.3 is 5.97 Å². The number of ether oxygens (including phenoxy) is 1. The summed E-state index contributed by atoms with van der Waals surface area (Å²) < 4.78 is 5.22. The Bertz CT molecular complexity index is 2110. The van der Waals surface area contributed by atoms with Gasteiger partial charge in [-0.05, 0) is 82.8 Å². The molecule has 1 aliphatic heterocycles. The van der Waals surface area contributed by atoms with Crippen molar-refractivity contribution in [1.82, 2.24) is 0 Å². The molecule has 8 rings (SSSR count). The summed E-state index contributed by atoms with van der Waals surface area (Å²) in [4.78, 5) is 60.3. The van der Waals surface area contributed by atoms with Crippen molar-refractivity contribution in [2.75, 3.05) is 11.5 Å². The molecule has 8 heteroatoms. The summed E-state index contributed by atoms with van der Waals surface area (Å²) in [5.41, 5.74) is 1.20. The van der Waals surface area contributed by atoms with Crippen LogP contribution < -0.4 is 4.90 Å². The zero-order valence-corrected chi connectivity index (χ0v) is 28.3. The lowest BCUT2D eigenvalue weighted by Gasteiger charge is -2.39. The monoisotopic (exact) mass is 697 g/mol. The molecule has 2 fully saturated rings. The number of fused-ring (bicyclic) bond motifs is 5. The van der Waals surface area contributed by atoms with Gasteiger partial charge in [0.1, 0.15) is 0 Å². The van der Waals surface area contributed by atoms with E-state index in [0.717, 1.165) is 16.0 Å². The first-order valence-corrected chi connectivity index (χ1v) is 17.1. The van der Waals surface area contributed by atoms with Crippen molar-refractivity contribution in [3.05, 3.63) is 171 Å². The Morgan fingerprint density at radius 3 is 1.54 bits per heavy atom. The van der Waals surface area contributed by atoms with Gasteiger partial charge in [-0.25, -0.2) is 9.69 Å². The predicted octanol–water partition coefficient (Wildman–Crippen LogP) is 8.36. The fraction of sp³-hybridized carbons (Fsp3) is 0.143. The molecule has 246 valence electrons. The third-order valence-corrected chi connectivity index (χ3v) is 10.8. The van der Waals surface area contributed by atoms with E-state index in [0.29, 0.717) is 32.3 Å². The summed E-state index contributed by atoms with van der Waals surface area (Å²) in [5, 5.41) is 0.933. The fourth-order valence-electron chi connectivity index (χ4n) is 8.60. The molecule has 6 nitrogen and oxygen atoms in total. The van der Waals surface area contributed by atoms with Gasteiger partial charge in [0.15, 0.2) is 5.78 Å². The highest BCUT2D eigenvalue weighted by Gasteiger charge is 2.82. The van der Waals surface area contributed by atoms with Crippen molar-refractivity contribution >= 4 is 63.6 Å². The maximum Gasteiger partial charge on any atom is 0.338 e. The Balaban J connectivity index is 1.50. The van der Waals surface area contributed by atoms with Crippen molar-refractivity contribution < 1.29 is 23.9 Å². The number of imide groups is 1. The van der Waals surface area contributed by atoms with Crippen LogP contribution in [0.4, 0.5) is 5.69 Å². The molecule has 0 aromatic heterocycles. The molecule has 2 bridgehead atoms. The van der Waals surface area contributed by atoms with E-state index in [1.54, 1.807) is 73.7 Å². The third kappa shape index (κ3) is 4.28. The van der Waals surface area contributed by atoms with E-state index in [-0.39, 0.29) is 23.6 Å². The van der Waals surface area contributed by atoms with E-state index in [1.165, 1.54) is 6.07 Å². The lowest BCUT2D eigenvalue weighted by atomic mass is 9.59. The highest BCUT2D eigenvalue weighted by Crippen LogP contribution is 2.74. The number of hydrogen-bond donors (Lipinski definition) is 0. The molecule has 0 spiro atoms. The number of benzene rings is 5. The number of nitrogens with zero attached hydrogens (tertiary/aromatic N) is 1. The third-order valence-electron chi connectivity index (χ3n) is 10.3. The van der Waals surface area contributed by atoms with E-state index in [9.17, 15) is 4.79 Å². The summed E-state index contributed by atoms with van der Waals surface area (Å²) in [6.45, 7) is 1.87. The van der Waals surface area contributed by atoms with E-state index >= 15 is 14.4 Å². The Morgan fingerprint density at radius 2 is 1.10 bits per heavy atom. The molecule has 1 saturated carbocycles. The molecule has 5 aromatic rings. The van der Waals surface area contributed by atoms with Crippen LogP contribution in [0.1, 0.15) is 39.5 Å². The normalized spacial score (nSPS) is 23.8. The summed E-state index contributed by atoms with van der Waals surface area (Å²) >= 11 is 12.8. The molecule has 0 N–H and O–H groups in total. The number of amides is 2. The maximum atomic E-state index is 16.0. The van der Waals surface area contributed by atoms with Crippen LogP contribution in [-0.2, 0) is 30.0 Å². The van der Waals surface area contributed by atoms with Gasteiger partial charge in [-0.3, -0.25) is 14.4 Å². The van der Waals surface area contributed by atoms with Gasteiger partial charge < -0.3 is 4.74 Å². The Kier molecular flexibility index (Phi) is 7.62. The number of Topliss-reactive ketones (excluding diaryl/α,β-unsaturated/α-hetero) is 1. The first-order chi connectivity index (χ1) is 24.3. The molecule has 5 aromatic carbocycles. The lowest BCUT2D eigenvalue weighted by molar-refractivity contribution is -0.130. The van der Waals surface area contributed by atoms with Crippen LogP contribution in [0.3, 0.4) is 0 Å². The number of anilines is 1. The zero-order chi connectivity index (χ0) is 34.8. The van der Waals surface area contributed by atoms with E-state index in [4.69, 9.17) is 27.9 Å². The summed E-state index contributed by atoms with van der Waals surface area (Å²) in [6.07, 6.45) is 0. The number of hydrogen-bond acceptors (Lipinski definition) is 5. The molecule has 2 aliphatic carbocycles. The second kappa shape index (κ2) is 11.9. The maximum absolute atomic E-state index is 16.0. The van der Waals surface area contributed by atoms with E-state index in [2.05, 4.69) is 0 Å². The van der Waals surface area contributed by atoms with E-state index < -0.39 is 40.4 Å². The van der Waals surface area contributed by atoms with Crippen molar-refractivity contribution in [3.63, 3.8) is 0 Å². The smallest absolute Gasteiger partial charge is 0.338 e. The van der Waals surface area contributed by atoms with Gasteiger partial charge in [-0.2, -0.15) is 0 Å². The van der Waals surface area contributed by atoms with Crippen LogP contribution in [0.2, 0.25) is 10.0 Å². The van der Waals surface area contributed by atoms with Crippen LogP contribution in [0, 0.1) is 11.8 Å². The topological polar surface area (TPSA) is 80.8 Å². The van der Waals surface area contributed by atoms with Crippen LogP contribution in [0.5, 0.6) is 0 Å². The Morgan fingerprint density at radius 1 is 0.640 bits per heavy atom. The second-order valence-corrected chi connectivity index (χ2v) is 13.6. The Hall–Kier alpha value is -5.30. The molecule has 50 heavy (non-hydrogen) atoms. The van der Waals surface area contributed by atoms with Crippen LogP contribution >= 0.6 is 23.2 Å². The average Bonchev–Trinajstić information content (AvgIpc) is 3.65. The van der Waals surface area contributed by atoms with Gasteiger partial charge in [-0.1, -0.05) is 114 Å². The van der Waals surface area contributed by atoms with Crippen LogP contribution in [0.25, 0.3) is 11.1 Å². The largest absolute Gasteiger partial charge is 0.462 e. The van der Waals surface area contributed by atoms with Crippen molar-refractivity contribution in [1.29, 1.82) is 0 Å². The van der Waals surface area contributed by atoms with Gasteiger partial charge in [0.25, 0.3) is 0 Å². The molecule has 3 aliphatic rings. The van der Waals surface area contributed by atoms with Crippen molar-refractivity contribution in [2.45, 2.75) is 17.8 Å². The van der Waals surface area contributed by atoms with Crippen molar-refractivity contribution in [3.8, 4) is 0 Å². The van der Waals surface area contributed by atoms with Gasteiger partial charge in [0, 0.05) is 10.0 Å². The number of rotatable bonds is 7. The minimum atomic E-state index is -1.60. The number of halogens is 2. The number of carbonyl (C=O) groups is 4. The molecular formula is C42H29Cl2NO5. The summed E-state index contributed by atoms with van der Waals surface area (Å²) in [7, 11) is 0. The number of allylic oxidation sites excluding steroid dienone is 2. The summed E-state index contributed by atoms with van der Waals surface area (Å²) in [5.74, 6) is -4.15. The first kappa shape index (κ1) is 31.9. The summed E-state index contributed by atoms with van der Waals surface area (Å²) in [6, 6.07) is 39.5. The number of ketones is 1. The number of esters is 1. The predicted molar refractivity (Wildman–Crippen MR) is 193 cm³/mol. The quantitative estimate of drug-likeness (QED) is 0.126. The molecule has 2 amide bonds. The molecular weight excluding hydrogens is 669 g/mol. The highest BCUT2D eigenvalue weighted by molar-refractivity contribution is 6.39. The zero-order valence-electron chi connectivity index (χ0n) is 26.8. The van der Waals surface area contributed by atoms with Crippen LogP contribution in [0.15, 0.2) is 133 Å².